The summed E-state index contributed by atoms with van der Waals surface area (Å²) in [6, 6.07) is 10.7. The number of aromatic nitrogens is 1. The molecule has 0 atom stereocenters. The lowest BCUT2D eigenvalue weighted by molar-refractivity contribution is 0.415. The van der Waals surface area contributed by atoms with E-state index in [4.69, 9.17) is 9.15 Å². The first-order valence-corrected chi connectivity index (χ1v) is 9.00. The van der Waals surface area contributed by atoms with E-state index in [-0.39, 0.29) is 27.8 Å². The number of aromatic hydroxyl groups is 1. The highest BCUT2D eigenvalue weighted by Gasteiger charge is 2.21. The summed E-state index contributed by atoms with van der Waals surface area (Å²) in [4.78, 5) is 25.2. The van der Waals surface area contributed by atoms with E-state index in [0.717, 1.165) is 0 Å². The lowest BCUT2D eigenvalue weighted by Gasteiger charge is -2.14. The lowest BCUT2D eigenvalue weighted by atomic mass is 10.1. The fourth-order valence-electron chi connectivity index (χ4n) is 3.12. The van der Waals surface area contributed by atoms with Crippen LogP contribution in [0.1, 0.15) is 5.56 Å². The fourth-order valence-corrected chi connectivity index (χ4v) is 3.40. The molecule has 0 saturated carbocycles. The maximum atomic E-state index is 13.2. The molecule has 0 radical (unpaired) electrons. The Morgan fingerprint density at radius 2 is 1.89 bits per heavy atom. The largest absolute Gasteiger partial charge is 0.506 e. The van der Waals surface area contributed by atoms with E-state index >= 15 is 0 Å². The van der Waals surface area contributed by atoms with E-state index in [1.54, 1.807) is 30.3 Å². The second-order valence-electron chi connectivity index (χ2n) is 6.16. The molecule has 2 aromatic heterocycles. The monoisotopic (exact) mass is 445 g/mol. The number of hydrogen-bond acceptors (Lipinski definition) is 5. The van der Waals surface area contributed by atoms with Crippen molar-refractivity contribution in [2.45, 2.75) is 6.54 Å². The first-order valence-electron chi connectivity index (χ1n) is 8.21. The second kappa shape index (κ2) is 6.79. The van der Waals surface area contributed by atoms with Crippen molar-refractivity contribution < 1.29 is 18.7 Å². The van der Waals surface area contributed by atoms with Crippen molar-refractivity contribution >= 4 is 37.8 Å². The van der Waals surface area contributed by atoms with Crippen LogP contribution in [0.2, 0.25) is 0 Å². The summed E-state index contributed by atoms with van der Waals surface area (Å²) in [5, 5.41) is 10.7. The van der Waals surface area contributed by atoms with Crippen molar-refractivity contribution in [1.82, 2.24) is 4.57 Å². The van der Waals surface area contributed by atoms with Gasteiger partial charge in [-0.15, -0.1) is 0 Å². The molecule has 28 heavy (non-hydrogen) atoms. The van der Waals surface area contributed by atoms with E-state index in [1.165, 1.54) is 23.8 Å². The zero-order valence-corrected chi connectivity index (χ0v) is 16.1. The van der Waals surface area contributed by atoms with Crippen LogP contribution in [0.25, 0.3) is 21.9 Å². The third-order valence-electron chi connectivity index (χ3n) is 4.50. The molecular formula is C20H13BrFNO5. The van der Waals surface area contributed by atoms with E-state index in [1.807, 2.05) is 0 Å². The molecule has 0 saturated heterocycles. The van der Waals surface area contributed by atoms with Crippen LogP contribution in [0.4, 0.5) is 4.39 Å². The Hall–Kier alpha value is -3.13. The molecule has 4 rings (SSSR count). The number of halogens is 2. The molecule has 0 amide bonds. The summed E-state index contributed by atoms with van der Waals surface area (Å²) in [6.07, 6.45) is 0. The minimum absolute atomic E-state index is 0.0278. The predicted octanol–water partition coefficient (Wildman–Crippen LogP) is 3.77. The molecule has 0 aliphatic rings. The number of hydrogen-bond donors (Lipinski definition) is 1. The van der Waals surface area contributed by atoms with Crippen molar-refractivity contribution in [1.29, 1.82) is 0 Å². The van der Waals surface area contributed by atoms with Gasteiger partial charge in [0.2, 0.25) is 0 Å². The van der Waals surface area contributed by atoms with Gasteiger partial charge in [-0.1, -0.05) is 12.1 Å². The van der Waals surface area contributed by atoms with Gasteiger partial charge < -0.3 is 18.8 Å². The predicted molar refractivity (Wildman–Crippen MR) is 106 cm³/mol. The lowest BCUT2D eigenvalue weighted by Crippen LogP contribution is -2.22. The summed E-state index contributed by atoms with van der Waals surface area (Å²) in [5.74, 6) is -0.382. The van der Waals surface area contributed by atoms with Crippen molar-refractivity contribution in [3.8, 4) is 11.5 Å². The molecule has 0 bridgehead atoms. The van der Waals surface area contributed by atoms with Gasteiger partial charge in [-0.3, -0.25) is 4.79 Å². The first-order chi connectivity index (χ1) is 13.4. The SMILES string of the molecule is COc1ccc2c(c1)c1oc(=O)c(Br)c(O)c1c(=O)n2Cc1ccc(F)cc1. The molecule has 6 nitrogen and oxygen atoms in total. The van der Waals surface area contributed by atoms with Crippen LogP contribution in [-0.2, 0) is 6.54 Å². The number of benzene rings is 2. The molecule has 4 aromatic rings. The molecule has 8 heteroatoms. The average molecular weight is 446 g/mol. The zero-order valence-electron chi connectivity index (χ0n) is 14.5. The maximum Gasteiger partial charge on any atom is 0.354 e. The van der Waals surface area contributed by atoms with Crippen LogP contribution >= 0.6 is 15.9 Å². The van der Waals surface area contributed by atoms with Gasteiger partial charge in [-0.25, -0.2) is 9.18 Å². The molecule has 0 aliphatic carbocycles. The van der Waals surface area contributed by atoms with Crippen molar-refractivity contribution in [2.75, 3.05) is 7.11 Å². The topological polar surface area (TPSA) is 81.7 Å². The molecule has 0 unspecified atom stereocenters. The molecule has 0 aliphatic heterocycles. The highest BCUT2D eigenvalue weighted by molar-refractivity contribution is 9.10. The number of fused-ring (bicyclic) bond motifs is 3. The van der Waals surface area contributed by atoms with Crippen molar-refractivity contribution in [3.05, 3.63) is 79.1 Å². The van der Waals surface area contributed by atoms with Crippen LogP contribution in [0.3, 0.4) is 0 Å². The molecule has 2 heterocycles. The Balaban J connectivity index is 2.13. The molecule has 0 fully saturated rings. The molecule has 0 spiro atoms. The third-order valence-corrected chi connectivity index (χ3v) is 5.20. The van der Waals surface area contributed by atoms with Crippen LogP contribution in [0.15, 0.2) is 60.9 Å². The van der Waals surface area contributed by atoms with Gasteiger partial charge >= 0.3 is 5.63 Å². The third kappa shape index (κ3) is 2.86. The average Bonchev–Trinajstić information content (AvgIpc) is 2.70. The second-order valence-corrected chi connectivity index (χ2v) is 6.95. The summed E-state index contributed by atoms with van der Waals surface area (Å²) in [7, 11) is 1.49. The zero-order chi connectivity index (χ0) is 20.0. The highest BCUT2D eigenvalue weighted by Crippen LogP contribution is 2.33. The number of nitrogens with zero attached hydrogens (tertiary/aromatic N) is 1. The summed E-state index contributed by atoms with van der Waals surface area (Å²) in [6.45, 7) is 0.133. The van der Waals surface area contributed by atoms with E-state index in [2.05, 4.69) is 15.9 Å². The Labute approximate surface area is 165 Å². The Kier molecular flexibility index (Phi) is 4.43. The molecular weight excluding hydrogens is 433 g/mol. The minimum Gasteiger partial charge on any atom is -0.506 e. The number of methoxy groups -OCH3 is 1. The Morgan fingerprint density at radius 1 is 1.18 bits per heavy atom. The maximum absolute atomic E-state index is 13.2. The minimum atomic E-state index is -0.801. The van der Waals surface area contributed by atoms with E-state index < -0.39 is 16.9 Å². The summed E-state index contributed by atoms with van der Waals surface area (Å²) < 4.78 is 25.0. The van der Waals surface area contributed by atoms with Crippen LogP contribution in [-0.4, -0.2) is 16.8 Å². The van der Waals surface area contributed by atoms with Crippen molar-refractivity contribution in [3.63, 3.8) is 0 Å². The van der Waals surface area contributed by atoms with Crippen molar-refractivity contribution in [2.24, 2.45) is 0 Å². The van der Waals surface area contributed by atoms with Crippen LogP contribution < -0.4 is 15.9 Å². The normalized spacial score (nSPS) is 11.2. The number of ether oxygens (including phenoxy) is 1. The van der Waals surface area contributed by atoms with Gasteiger partial charge in [0, 0.05) is 5.39 Å². The van der Waals surface area contributed by atoms with Gasteiger partial charge in [-0.05, 0) is 51.8 Å². The first kappa shape index (κ1) is 18.2. The van der Waals surface area contributed by atoms with Gasteiger partial charge in [0.15, 0.2) is 11.3 Å². The highest BCUT2D eigenvalue weighted by atomic mass is 79.9. The van der Waals surface area contributed by atoms with Gasteiger partial charge in [0.25, 0.3) is 5.56 Å². The van der Waals surface area contributed by atoms with Gasteiger partial charge in [0.1, 0.15) is 21.4 Å². The van der Waals surface area contributed by atoms with E-state index in [0.29, 0.717) is 22.2 Å². The van der Waals surface area contributed by atoms with Crippen LogP contribution in [0, 0.1) is 5.82 Å². The number of pyridine rings is 1. The quantitative estimate of drug-likeness (QED) is 0.485. The standard InChI is InChI=1S/C20H13BrFNO5/c1-27-12-6-7-14-13(8-12)18-15(17(24)16(21)20(26)28-18)19(25)23(14)9-10-2-4-11(22)5-3-10/h2-8,24H,9H2,1H3. The van der Waals surface area contributed by atoms with Gasteiger partial charge in [0.05, 0.1) is 19.2 Å². The Bertz CT molecular complexity index is 1340. The summed E-state index contributed by atoms with van der Waals surface area (Å²) in [5.41, 5.74) is -0.202. The van der Waals surface area contributed by atoms with E-state index in [9.17, 15) is 19.1 Å². The molecule has 142 valence electrons. The Morgan fingerprint density at radius 3 is 2.57 bits per heavy atom. The smallest absolute Gasteiger partial charge is 0.354 e. The molecule has 1 N–H and O–H groups in total. The fraction of sp³-hybridized carbons (Fsp3) is 0.100. The number of rotatable bonds is 3. The molecule has 2 aromatic carbocycles. The summed E-state index contributed by atoms with van der Waals surface area (Å²) >= 11 is 2.96. The van der Waals surface area contributed by atoms with Crippen LogP contribution in [0.5, 0.6) is 11.5 Å². The van der Waals surface area contributed by atoms with Gasteiger partial charge in [-0.2, -0.15) is 0 Å².